The van der Waals surface area contributed by atoms with Crippen LogP contribution in [0.4, 0.5) is 0 Å². The van der Waals surface area contributed by atoms with Crippen LogP contribution in [0.2, 0.25) is 0 Å². The first-order valence-corrected chi connectivity index (χ1v) is 5.35. The Balaban J connectivity index is 3.82. The lowest BCUT2D eigenvalue weighted by molar-refractivity contribution is 0.0770. The molecule has 0 aromatic rings. The topological polar surface area (TPSA) is 21.3 Å². The van der Waals surface area contributed by atoms with E-state index in [9.17, 15) is 0 Å². The Hall–Kier alpha value is -0.0800. The zero-order valence-electron chi connectivity index (χ0n) is 9.76. The second-order valence-electron chi connectivity index (χ2n) is 3.97. The van der Waals surface area contributed by atoms with Gasteiger partial charge in [0, 0.05) is 13.2 Å². The molecule has 0 spiro atoms. The van der Waals surface area contributed by atoms with Gasteiger partial charge < -0.3 is 10.1 Å². The van der Waals surface area contributed by atoms with Gasteiger partial charge in [0.25, 0.3) is 0 Å². The maximum Gasteiger partial charge on any atom is 0.0696 e. The molecule has 0 aromatic carbocycles. The molecule has 2 heteroatoms. The van der Waals surface area contributed by atoms with E-state index in [1.165, 1.54) is 19.3 Å². The van der Waals surface area contributed by atoms with E-state index in [2.05, 4.69) is 26.1 Å². The van der Waals surface area contributed by atoms with E-state index in [-0.39, 0.29) is 0 Å². The summed E-state index contributed by atoms with van der Waals surface area (Å²) in [5, 5.41) is 3.32. The minimum Gasteiger partial charge on any atom is -0.380 e. The predicted octanol–water partition coefficient (Wildman–Crippen LogP) is 2.44. The van der Waals surface area contributed by atoms with Crippen molar-refractivity contribution in [1.29, 1.82) is 0 Å². The van der Waals surface area contributed by atoms with Crippen molar-refractivity contribution in [3.63, 3.8) is 0 Å². The van der Waals surface area contributed by atoms with Crippen LogP contribution in [-0.4, -0.2) is 26.3 Å². The molecule has 3 atom stereocenters. The molecule has 3 unspecified atom stereocenters. The summed E-state index contributed by atoms with van der Waals surface area (Å²) < 4.78 is 5.32. The van der Waals surface area contributed by atoms with E-state index >= 15 is 0 Å². The summed E-state index contributed by atoms with van der Waals surface area (Å²) in [4.78, 5) is 0. The zero-order valence-corrected chi connectivity index (χ0v) is 9.76. The van der Waals surface area contributed by atoms with Gasteiger partial charge in [0.15, 0.2) is 0 Å². The molecule has 2 nitrogen and oxygen atoms in total. The van der Waals surface area contributed by atoms with Crippen molar-refractivity contribution in [1.82, 2.24) is 5.32 Å². The quantitative estimate of drug-likeness (QED) is 0.661. The highest BCUT2D eigenvalue weighted by atomic mass is 16.5. The van der Waals surface area contributed by atoms with Gasteiger partial charge in [0.1, 0.15) is 0 Å². The third kappa shape index (κ3) is 5.27. The fraction of sp³-hybridized carbons (Fsp3) is 1.00. The number of hydrogen-bond acceptors (Lipinski definition) is 2. The highest BCUT2D eigenvalue weighted by Gasteiger charge is 2.17. The number of nitrogens with one attached hydrogen (secondary N) is 1. The number of likely N-dealkylation sites (N-methyl/N-ethyl adjacent to an activating group) is 1. The Labute approximate surface area is 83.1 Å². The van der Waals surface area contributed by atoms with Gasteiger partial charge in [0.2, 0.25) is 0 Å². The van der Waals surface area contributed by atoms with Gasteiger partial charge >= 0.3 is 0 Å². The van der Waals surface area contributed by atoms with E-state index in [1.54, 1.807) is 7.11 Å². The fourth-order valence-corrected chi connectivity index (χ4v) is 1.75. The van der Waals surface area contributed by atoms with Gasteiger partial charge in [-0.1, -0.05) is 26.7 Å². The minimum absolute atomic E-state index is 0.310. The molecule has 0 aliphatic heterocycles. The van der Waals surface area contributed by atoms with Gasteiger partial charge in [-0.05, 0) is 26.3 Å². The lowest BCUT2D eigenvalue weighted by Gasteiger charge is -2.25. The largest absolute Gasteiger partial charge is 0.380 e. The molecule has 80 valence electrons. The first-order valence-electron chi connectivity index (χ1n) is 5.35. The number of methoxy groups -OCH3 is 1. The molecule has 13 heavy (non-hydrogen) atoms. The van der Waals surface area contributed by atoms with Crippen LogP contribution < -0.4 is 5.32 Å². The summed E-state index contributed by atoms with van der Waals surface area (Å²) in [5.41, 5.74) is 0. The molecule has 0 aromatic heterocycles. The molecule has 0 aliphatic rings. The smallest absolute Gasteiger partial charge is 0.0696 e. The first-order chi connectivity index (χ1) is 6.15. The highest BCUT2D eigenvalue weighted by molar-refractivity contribution is 4.74. The standard InChI is InChI=1S/C11H25NO/c1-6-7-9(2)8-11(12-4)10(3)13-5/h9-12H,6-8H2,1-5H3. The molecule has 0 saturated carbocycles. The Morgan fingerprint density at radius 1 is 1.31 bits per heavy atom. The van der Waals surface area contributed by atoms with Crippen molar-refractivity contribution >= 4 is 0 Å². The van der Waals surface area contributed by atoms with Gasteiger partial charge in [-0.3, -0.25) is 0 Å². The summed E-state index contributed by atoms with van der Waals surface area (Å²) in [6.07, 6.45) is 4.11. The monoisotopic (exact) mass is 187 g/mol. The van der Waals surface area contributed by atoms with E-state index in [4.69, 9.17) is 4.74 Å². The number of ether oxygens (including phenoxy) is 1. The summed E-state index contributed by atoms with van der Waals surface area (Å²) in [6.45, 7) is 6.68. The number of rotatable bonds is 7. The van der Waals surface area contributed by atoms with Crippen molar-refractivity contribution in [3.05, 3.63) is 0 Å². The van der Waals surface area contributed by atoms with Crippen molar-refractivity contribution in [2.45, 2.75) is 52.2 Å². The molecular formula is C11H25NO. The number of hydrogen-bond donors (Lipinski definition) is 1. The van der Waals surface area contributed by atoms with Gasteiger partial charge in [-0.25, -0.2) is 0 Å². The van der Waals surface area contributed by atoms with Crippen molar-refractivity contribution in [3.8, 4) is 0 Å². The van der Waals surface area contributed by atoms with E-state index in [1.807, 2.05) is 7.05 Å². The third-order valence-electron chi connectivity index (χ3n) is 2.75. The Bertz CT molecular complexity index is 117. The molecule has 0 saturated heterocycles. The normalized spacial score (nSPS) is 18.2. The average Bonchev–Trinajstić information content (AvgIpc) is 2.13. The SMILES string of the molecule is CCCC(C)CC(NC)C(C)OC. The Morgan fingerprint density at radius 2 is 1.92 bits per heavy atom. The molecule has 0 amide bonds. The van der Waals surface area contributed by atoms with E-state index < -0.39 is 0 Å². The molecule has 0 fully saturated rings. The van der Waals surface area contributed by atoms with Gasteiger partial charge in [-0.15, -0.1) is 0 Å². The molecule has 0 rings (SSSR count). The maximum atomic E-state index is 5.32. The Morgan fingerprint density at radius 3 is 2.31 bits per heavy atom. The van der Waals surface area contributed by atoms with Crippen LogP contribution in [0, 0.1) is 5.92 Å². The fourth-order valence-electron chi connectivity index (χ4n) is 1.75. The molecular weight excluding hydrogens is 162 g/mol. The van der Waals surface area contributed by atoms with Crippen molar-refractivity contribution in [2.75, 3.05) is 14.2 Å². The summed E-state index contributed by atoms with van der Waals surface area (Å²) in [5.74, 6) is 0.792. The zero-order chi connectivity index (χ0) is 10.3. The summed E-state index contributed by atoms with van der Waals surface area (Å²) in [6, 6.07) is 0.492. The molecule has 0 radical (unpaired) electrons. The lowest BCUT2D eigenvalue weighted by Crippen LogP contribution is -2.38. The van der Waals surface area contributed by atoms with Crippen LogP contribution in [0.25, 0.3) is 0 Å². The van der Waals surface area contributed by atoms with Crippen LogP contribution in [0.15, 0.2) is 0 Å². The summed E-state index contributed by atoms with van der Waals surface area (Å²) in [7, 11) is 3.79. The van der Waals surface area contributed by atoms with E-state index in [0.29, 0.717) is 12.1 Å². The van der Waals surface area contributed by atoms with Gasteiger partial charge in [0.05, 0.1) is 6.10 Å². The highest BCUT2D eigenvalue weighted by Crippen LogP contribution is 2.15. The Kier molecular flexibility index (Phi) is 7.29. The average molecular weight is 187 g/mol. The van der Waals surface area contributed by atoms with Gasteiger partial charge in [-0.2, -0.15) is 0 Å². The van der Waals surface area contributed by atoms with Crippen LogP contribution >= 0.6 is 0 Å². The van der Waals surface area contributed by atoms with E-state index in [0.717, 1.165) is 5.92 Å². The van der Waals surface area contributed by atoms with Crippen LogP contribution in [0.5, 0.6) is 0 Å². The first kappa shape index (κ1) is 12.9. The van der Waals surface area contributed by atoms with Crippen LogP contribution in [-0.2, 0) is 4.74 Å². The van der Waals surface area contributed by atoms with Crippen LogP contribution in [0.3, 0.4) is 0 Å². The van der Waals surface area contributed by atoms with Crippen LogP contribution in [0.1, 0.15) is 40.0 Å². The maximum absolute atomic E-state index is 5.32. The lowest BCUT2D eigenvalue weighted by atomic mass is 9.95. The van der Waals surface area contributed by atoms with Crippen molar-refractivity contribution in [2.24, 2.45) is 5.92 Å². The third-order valence-corrected chi connectivity index (χ3v) is 2.75. The molecule has 0 heterocycles. The second kappa shape index (κ2) is 7.34. The minimum atomic E-state index is 0.310. The van der Waals surface area contributed by atoms with Crippen molar-refractivity contribution < 1.29 is 4.74 Å². The predicted molar refractivity (Wildman–Crippen MR) is 58.0 cm³/mol. The molecule has 1 N–H and O–H groups in total. The molecule has 0 aliphatic carbocycles. The second-order valence-corrected chi connectivity index (χ2v) is 3.97. The molecule has 0 bridgehead atoms. The summed E-state index contributed by atoms with van der Waals surface area (Å²) >= 11 is 0.